The topological polar surface area (TPSA) is 83.4 Å². The molecule has 0 bridgehead atoms. The minimum Gasteiger partial charge on any atom is -0.444 e. The lowest BCUT2D eigenvalue weighted by atomic mass is 10.1. The molecular weight excluding hydrogens is 258 g/mol. The third kappa shape index (κ3) is 6.22. The van der Waals surface area contributed by atoms with Gasteiger partial charge in [-0.3, -0.25) is 5.32 Å². The molecule has 0 aliphatic carbocycles. The molecule has 0 aromatic heterocycles. The molecule has 2 N–H and O–H groups in total. The Morgan fingerprint density at radius 3 is 2.75 bits per heavy atom. The van der Waals surface area contributed by atoms with Crippen molar-refractivity contribution in [3.63, 3.8) is 0 Å². The second-order valence-electron chi connectivity index (χ2n) is 6.08. The largest absolute Gasteiger partial charge is 0.444 e. The van der Waals surface area contributed by atoms with Crippen LogP contribution in [0.1, 0.15) is 40.5 Å². The van der Waals surface area contributed by atoms with Crippen LogP contribution in [0.25, 0.3) is 0 Å². The lowest BCUT2D eigenvalue weighted by molar-refractivity contribution is 0.0501. The van der Waals surface area contributed by atoms with E-state index in [1.807, 2.05) is 0 Å². The van der Waals surface area contributed by atoms with E-state index >= 15 is 0 Å². The minimum absolute atomic E-state index is 0.166. The highest BCUT2D eigenvalue weighted by molar-refractivity contribution is 5.68. The van der Waals surface area contributed by atoms with Crippen LogP contribution in [-0.2, 0) is 9.47 Å². The molecule has 1 amide bonds. The highest BCUT2D eigenvalue weighted by Gasteiger charge is 2.24. The van der Waals surface area contributed by atoms with Gasteiger partial charge in [-0.15, -0.1) is 0 Å². The monoisotopic (exact) mass is 283 g/mol. The first-order valence-electron chi connectivity index (χ1n) is 7.06. The van der Waals surface area contributed by atoms with Crippen LogP contribution in [0.5, 0.6) is 0 Å². The maximum Gasteiger partial charge on any atom is 0.407 e. The Kier molecular flexibility index (Phi) is 6.24. The number of hydrogen-bond donors (Lipinski definition) is 2. The zero-order valence-corrected chi connectivity index (χ0v) is 12.7. The lowest BCUT2D eigenvalue weighted by Gasteiger charge is -2.24. The molecule has 1 saturated heterocycles. The number of alkyl carbamates (subject to hydrolysis) is 1. The summed E-state index contributed by atoms with van der Waals surface area (Å²) in [5, 5.41) is 15.0. The lowest BCUT2D eigenvalue weighted by Crippen LogP contribution is -2.50. The molecule has 0 saturated carbocycles. The molecule has 1 rings (SSSR count). The van der Waals surface area contributed by atoms with Crippen molar-refractivity contribution in [2.75, 3.05) is 13.2 Å². The molecule has 20 heavy (non-hydrogen) atoms. The van der Waals surface area contributed by atoms with Gasteiger partial charge in [0.2, 0.25) is 0 Å². The summed E-state index contributed by atoms with van der Waals surface area (Å²) in [7, 11) is 0. The van der Waals surface area contributed by atoms with E-state index in [1.165, 1.54) is 0 Å². The minimum atomic E-state index is -0.545. The van der Waals surface area contributed by atoms with Crippen molar-refractivity contribution in [2.45, 2.75) is 64.3 Å². The molecule has 0 spiro atoms. The molecule has 6 nitrogen and oxygen atoms in total. The summed E-state index contributed by atoms with van der Waals surface area (Å²) in [5.74, 6) is 0. The van der Waals surface area contributed by atoms with Crippen molar-refractivity contribution in [3.8, 4) is 6.07 Å². The number of ether oxygens (including phenoxy) is 2. The second kappa shape index (κ2) is 7.46. The zero-order chi connectivity index (χ0) is 15.2. The Morgan fingerprint density at radius 2 is 2.25 bits per heavy atom. The zero-order valence-electron chi connectivity index (χ0n) is 12.7. The first-order valence-corrected chi connectivity index (χ1v) is 7.06. The van der Waals surface area contributed by atoms with Gasteiger partial charge in [0.15, 0.2) is 0 Å². The third-order valence-corrected chi connectivity index (χ3v) is 2.97. The maximum atomic E-state index is 11.7. The fourth-order valence-corrected chi connectivity index (χ4v) is 1.97. The van der Waals surface area contributed by atoms with Gasteiger partial charge in [-0.2, -0.15) is 5.26 Å². The fourth-order valence-electron chi connectivity index (χ4n) is 1.97. The molecule has 1 fully saturated rings. The van der Waals surface area contributed by atoms with E-state index in [9.17, 15) is 10.1 Å². The molecule has 114 valence electrons. The summed E-state index contributed by atoms with van der Waals surface area (Å²) >= 11 is 0. The van der Waals surface area contributed by atoms with Crippen LogP contribution >= 0.6 is 0 Å². The predicted octanol–water partition coefficient (Wildman–Crippen LogP) is 1.56. The van der Waals surface area contributed by atoms with Gasteiger partial charge >= 0.3 is 6.09 Å². The average molecular weight is 283 g/mol. The van der Waals surface area contributed by atoms with E-state index in [-0.39, 0.29) is 12.1 Å². The Bertz CT molecular complexity index is 354. The first-order chi connectivity index (χ1) is 9.31. The van der Waals surface area contributed by atoms with Gasteiger partial charge in [0.1, 0.15) is 11.6 Å². The van der Waals surface area contributed by atoms with Crippen LogP contribution in [-0.4, -0.2) is 43.0 Å². The van der Waals surface area contributed by atoms with Gasteiger partial charge in [-0.1, -0.05) is 0 Å². The van der Waals surface area contributed by atoms with Crippen LogP contribution in [0, 0.1) is 11.3 Å². The van der Waals surface area contributed by atoms with Gasteiger partial charge in [0.25, 0.3) is 0 Å². The number of nitriles is 1. The molecule has 0 radical (unpaired) electrons. The Balaban J connectivity index is 2.36. The van der Waals surface area contributed by atoms with Gasteiger partial charge < -0.3 is 14.8 Å². The first kappa shape index (κ1) is 16.7. The van der Waals surface area contributed by atoms with Gasteiger partial charge in [0, 0.05) is 13.2 Å². The summed E-state index contributed by atoms with van der Waals surface area (Å²) < 4.78 is 10.7. The molecule has 1 aliphatic heterocycles. The van der Waals surface area contributed by atoms with Crippen LogP contribution < -0.4 is 10.6 Å². The average Bonchev–Trinajstić information content (AvgIpc) is 2.79. The SMILES string of the molecule is CC(NC(=O)OC(C)(C)C)C(C#N)NCC1CCCO1. The maximum absolute atomic E-state index is 11.7. The van der Waals surface area contributed by atoms with Crippen LogP contribution in [0.15, 0.2) is 0 Å². The second-order valence-corrected chi connectivity index (χ2v) is 6.08. The van der Waals surface area contributed by atoms with Crippen LogP contribution in [0.2, 0.25) is 0 Å². The normalized spacial score (nSPS) is 21.9. The summed E-state index contributed by atoms with van der Waals surface area (Å²) in [5.41, 5.74) is -0.545. The Hall–Kier alpha value is -1.32. The van der Waals surface area contributed by atoms with Crippen LogP contribution in [0.3, 0.4) is 0 Å². The Labute approximate surface area is 120 Å². The van der Waals surface area contributed by atoms with E-state index in [0.717, 1.165) is 19.4 Å². The molecular formula is C14H25N3O3. The van der Waals surface area contributed by atoms with Crippen molar-refractivity contribution < 1.29 is 14.3 Å². The standard InChI is InChI=1S/C14H25N3O3/c1-10(17-13(18)20-14(2,3)4)12(8-15)16-9-11-6-5-7-19-11/h10-12,16H,5-7,9H2,1-4H3,(H,17,18). The van der Waals surface area contributed by atoms with E-state index in [2.05, 4.69) is 16.7 Å². The molecule has 0 aromatic carbocycles. The van der Waals surface area contributed by atoms with E-state index in [1.54, 1.807) is 27.7 Å². The third-order valence-electron chi connectivity index (χ3n) is 2.97. The molecule has 0 aromatic rings. The number of carbonyl (C=O) groups excluding carboxylic acids is 1. The van der Waals surface area contributed by atoms with Crippen molar-refractivity contribution in [1.29, 1.82) is 5.26 Å². The molecule has 3 unspecified atom stereocenters. The number of rotatable bonds is 5. The highest BCUT2D eigenvalue weighted by Crippen LogP contribution is 2.11. The van der Waals surface area contributed by atoms with Gasteiger partial charge in [0.05, 0.1) is 18.2 Å². The van der Waals surface area contributed by atoms with Gasteiger partial charge in [-0.25, -0.2) is 4.79 Å². The summed E-state index contributed by atoms with van der Waals surface area (Å²) in [6.45, 7) is 8.59. The van der Waals surface area contributed by atoms with Gasteiger partial charge in [-0.05, 0) is 40.5 Å². The molecule has 1 aliphatic rings. The van der Waals surface area contributed by atoms with Crippen molar-refractivity contribution in [1.82, 2.24) is 10.6 Å². The van der Waals surface area contributed by atoms with Crippen molar-refractivity contribution in [2.24, 2.45) is 0 Å². The summed E-state index contributed by atoms with van der Waals surface area (Å²) in [6, 6.07) is 1.35. The highest BCUT2D eigenvalue weighted by atomic mass is 16.6. The number of amides is 1. The predicted molar refractivity (Wildman–Crippen MR) is 75.2 cm³/mol. The molecule has 1 heterocycles. The quantitative estimate of drug-likeness (QED) is 0.800. The number of hydrogen-bond acceptors (Lipinski definition) is 5. The Morgan fingerprint density at radius 1 is 1.55 bits per heavy atom. The number of nitrogens with zero attached hydrogens (tertiary/aromatic N) is 1. The van der Waals surface area contributed by atoms with Crippen molar-refractivity contribution >= 4 is 6.09 Å². The van der Waals surface area contributed by atoms with E-state index in [4.69, 9.17) is 9.47 Å². The smallest absolute Gasteiger partial charge is 0.407 e. The molecule has 6 heteroatoms. The van der Waals surface area contributed by atoms with Crippen molar-refractivity contribution in [3.05, 3.63) is 0 Å². The van der Waals surface area contributed by atoms with E-state index in [0.29, 0.717) is 6.54 Å². The number of nitrogens with one attached hydrogen (secondary N) is 2. The fraction of sp³-hybridized carbons (Fsp3) is 0.857. The van der Waals surface area contributed by atoms with E-state index < -0.39 is 17.7 Å². The summed E-state index contributed by atoms with van der Waals surface area (Å²) in [6.07, 6.45) is 1.73. The number of carbonyl (C=O) groups is 1. The summed E-state index contributed by atoms with van der Waals surface area (Å²) in [4.78, 5) is 11.7. The molecule has 3 atom stereocenters. The van der Waals surface area contributed by atoms with Crippen LogP contribution in [0.4, 0.5) is 4.79 Å².